The summed E-state index contributed by atoms with van der Waals surface area (Å²) in [4.78, 5) is 7.70. The second-order valence-corrected chi connectivity index (χ2v) is 5.05. The minimum atomic E-state index is 0.871. The van der Waals surface area contributed by atoms with Crippen LogP contribution in [0.3, 0.4) is 0 Å². The molecule has 3 aliphatic heterocycles. The van der Waals surface area contributed by atoms with Gasteiger partial charge in [-0.05, 0) is 20.5 Å². The largest absolute Gasteiger partial charge is 0.303 e. The SMILES string of the molecule is CN1CC(N2C[C@H]3C[C@@H]2CN3C)C1. The van der Waals surface area contributed by atoms with Gasteiger partial charge in [-0.3, -0.25) is 4.90 Å². The van der Waals surface area contributed by atoms with Gasteiger partial charge in [0.2, 0.25) is 0 Å². The summed E-state index contributed by atoms with van der Waals surface area (Å²) in [6.07, 6.45) is 1.43. The third-order valence-corrected chi connectivity index (χ3v) is 4.07. The van der Waals surface area contributed by atoms with Gasteiger partial charge in [0, 0.05) is 44.3 Å². The average molecular weight is 181 g/mol. The Labute approximate surface area is 80.3 Å². The maximum Gasteiger partial charge on any atom is 0.0354 e. The summed E-state index contributed by atoms with van der Waals surface area (Å²) >= 11 is 0. The quantitative estimate of drug-likeness (QED) is 0.549. The molecule has 2 bridgehead atoms. The monoisotopic (exact) mass is 181 g/mol. The van der Waals surface area contributed by atoms with E-state index in [-0.39, 0.29) is 0 Å². The molecule has 0 saturated carbocycles. The molecule has 3 fully saturated rings. The number of likely N-dealkylation sites (N-methyl/N-ethyl adjacent to an activating group) is 2. The van der Waals surface area contributed by atoms with Crippen LogP contribution in [0.5, 0.6) is 0 Å². The fourth-order valence-electron chi connectivity index (χ4n) is 3.22. The topological polar surface area (TPSA) is 9.72 Å². The van der Waals surface area contributed by atoms with E-state index in [2.05, 4.69) is 28.8 Å². The fourth-order valence-corrected chi connectivity index (χ4v) is 3.22. The lowest BCUT2D eigenvalue weighted by Gasteiger charge is -2.46. The second-order valence-electron chi connectivity index (χ2n) is 5.05. The van der Waals surface area contributed by atoms with E-state index in [0.29, 0.717) is 0 Å². The van der Waals surface area contributed by atoms with Gasteiger partial charge >= 0.3 is 0 Å². The van der Waals surface area contributed by atoms with Crippen molar-refractivity contribution < 1.29 is 0 Å². The first-order valence-corrected chi connectivity index (χ1v) is 5.38. The van der Waals surface area contributed by atoms with Crippen LogP contribution >= 0.6 is 0 Å². The summed E-state index contributed by atoms with van der Waals surface area (Å²) in [6.45, 7) is 5.24. The Balaban J connectivity index is 1.64. The van der Waals surface area contributed by atoms with Gasteiger partial charge in [0.05, 0.1) is 0 Å². The van der Waals surface area contributed by atoms with Gasteiger partial charge in [-0.25, -0.2) is 0 Å². The first-order chi connectivity index (χ1) is 6.24. The number of hydrogen-bond acceptors (Lipinski definition) is 3. The highest BCUT2D eigenvalue weighted by Gasteiger charge is 2.46. The molecule has 3 nitrogen and oxygen atoms in total. The van der Waals surface area contributed by atoms with Crippen molar-refractivity contribution in [3.8, 4) is 0 Å². The van der Waals surface area contributed by atoms with Crippen LogP contribution in [-0.2, 0) is 0 Å². The fraction of sp³-hybridized carbons (Fsp3) is 1.00. The number of piperazine rings is 1. The first kappa shape index (κ1) is 8.21. The van der Waals surface area contributed by atoms with Crippen molar-refractivity contribution in [3.05, 3.63) is 0 Å². The van der Waals surface area contributed by atoms with Gasteiger partial charge in [-0.15, -0.1) is 0 Å². The third kappa shape index (κ3) is 1.14. The van der Waals surface area contributed by atoms with Crippen LogP contribution in [0, 0.1) is 0 Å². The van der Waals surface area contributed by atoms with Gasteiger partial charge in [0.25, 0.3) is 0 Å². The molecule has 74 valence electrons. The smallest absolute Gasteiger partial charge is 0.0354 e. The molecular formula is C10H19N3. The number of nitrogens with zero attached hydrogens (tertiary/aromatic N) is 3. The van der Waals surface area contributed by atoms with Crippen LogP contribution in [0.2, 0.25) is 0 Å². The van der Waals surface area contributed by atoms with Crippen molar-refractivity contribution in [1.82, 2.24) is 14.7 Å². The highest BCUT2D eigenvalue weighted by atomic mass is 15.4. The van der Waals surface area contributed by atoms with E-state index in [4.69, 9.17) is 0 Å². The van der Waals surface area contributed by atoms with Crippen molar-refractivity contribution in [3.63, 3.8) is 0 Å². The molecule has 3 heteroatoms. The zero-order valence-corrected chi connectivity index (χ0v) is 8.61. The molecule has 3 aliphatic rings. The Morgan fingerprint density at radius 2 is 1.62 bits per heavy atom. The lowest BCUT2D eigenvalue weighted by atomic mass is 10.1. The summed E-state index contributed by atoms with van der Waals surface area (Å²) < 4.78 is 0. The molecular weight excluding hydrogens is 162 g/mol. The molecule has 13 heavy (non-hydrogen) atoms. The molecule has 0 aliphatic carbocycles. The standard InChI is InChI=1S/C10H19N3/c1-11-4-10(5-11)13-7-8-3-9(13)6-12(8)2/h8-10H,3-7H2,1-2H3/t8-,9-/m1/s1. The van der Waals surface area contributed by atoms with Gasteiger partial charge in [0.15, 0.2) is 0 Å². The van der Waals surface area contributed by atoms with E-state index in [1.807, 2.05) is 0 Å². The number of rotatable bonds is 1. The van der Waals surface area contributed by atoms with E-state index >= 15 is 0 Å². The summed E-state index contributed by atoms with van der Waals surface area (Å²) in [5.41, 5.74) is 0. The van der Waals surface area contributed by atoms with E-state index in [0.717, 1.165) is 18.1 Å². The van der Waals surface area contributed by atoms with Crippen molar-refractivity contribution in [1.29, 1.82) is 0 Å². The Morgan fingerprint density at radius 1 is 0.846 bits per heavy atom. The van der Waals surface area contributed by atoms with Crippen LogP contribution in [0.4, 0.5) is 0 Å². The van der Waals surface area contributed by atoms with E-state index < -0.39 is 0 Å². The molecule has 0 unspecified atom stereocenters. The van der Waals surface area contributed by atoms with E-state index in [1.165, 1.54) is 32.6 Å². The van der Waals surface area contributed by atoms with Gasteiger partial charge in [0.1, 0.15) is 0 Å². The third-order valence-electron chi connectivity index (χ3n) is 4.07. The Kier molecular flexibility index (Phi) is 1.70. The molecule has 3 saturated heterocycles. The zero-order valence-electron chi connectivity index (χ0n) is 8.61. The highest BCUT2D eigenvalue weighted by Crippen LogP contribution is 2.32. The molecule has 2 atom stereocenters. The molecule has 3 heterocycles. The van der Waals surface area contributed by atoms with Crippen LogP contribution in [-0.4, -0.2) is 73.1 Å². The van der Waals surface area contributed by atoms with Crippen molar-refractivity contribution >= 4 is 0 Å². The zero-order chi connectivity index (χ0) is 9.00. The molecule has 0 aromatic rings. The van der Waals surface area contributed by atoms with Crippen LogP contribution in [0.15, 0.2) is 0 Å². The highest BCUT2D eigenvalue weighted by molar-refractivity contribution is 5.03. The first-order valence-electron chi connectivity index (χ1n) is 5.38. The Morgan fingerprint density at radius 3 is 2.08 bits per heavy atom. The van der Waals surface area contributed by atoms with E-state index in [9.17, 15) is 0 Å². The molecule has 0 amide bonds. The van der Waals surface area contributed by atoms with E-state index in [1.54, 1.807) is 0 Å². The normalized spacial score (nSPS) is 42.9. The molecule has 0 N–H and O–H groups in total. The maximum absolute atomic E-state index is 2.75. The lowest BCUT2D eigenvalue weighted by Crippen LogP contribution is -2.61. The predicted octanol–water partition coefficient (Wildman–Crippen LogP) is -0.311. The molecule has 0 aromatic heterocycles. The lowest BCUT2D eigenvalue weighted by molar-refractivity contribution is 0.0185. The van der Waals surface area contributed by atoms with Gasteiger partial charge in [-0.1, -0.05) is 0 Å². The predicted molar refractivity (Wildman–Crippen MR) is 52.8 cm³/mol. The minimum Gasteiger partial charge on any atom is -0.303 e. The minimum absolute atomic E-state index is 0.871. The number of hydrogen-bond donors (Lipinski definition) is 0. The summed E-state index contributed by atoms with van der Waals surface area (Å²) in [7, 11) is 4.49. The van der Waals surface area contributed by atoms with Gasteiger partial charge < -0.3 is 9.80 Å². The molecule has 0 spiro atoms. The second kappa shape index (κ2) is 2.69. The van der Waals surface area contributed by atoms with Crippen molar-refractivity contribution in [2.45, 2.75) is 24.5 Å². The van der Waals surface area contributed by atoms with Crippen LogP contribution < -0.4 is 0 Å². The molecule has 0 radical (unpaired) electrons. The average Bonchev–Trinajstić information content (AvgIpc) is 2.56. The van der Waals surface area contributed by atoms with Crippen molar-refractivity contribution in [2.24, 2.45) is 0 Å². The molecule has 0 aromatic carbocycles. The van der Waals surface area contributed by atoms with Gasteiger partial charge in [-0.2, -0.15) is 0 Å². The van der Waals surface area contributed by atoms with Crippen LogP contribution in [0.1, 0.15) is 6.42 Å². The summed E-state index contributed by atoms with van der Waals surface area (Å²) in [5.74, 6) is 0. The van der Waals surface area contributed by atoms with Crippen LogP contribution in [0.25, 0.3) is 0 Å². The summed E-state index contributed by atoms with van der Waals surface area (Å²) in [6, 6.07) is 2.64. The summed E-state index contributed by atoms with van der Waals surface area (Å²) in [5, 5.41) is 0. The van der Waals surface area contributed by atoms with Crippen molar-refractivity contribution in [2.75, 3.05) is 40.3 Å². The Bertz CT molecular complexity index is 210. The number of likely N-dealkylation sites (tertiary alicyclic amines) is 3. The molecule has 3 rings (SSSR count). The Hall–Kier alpha value is -0.120. The maximum atomic E-state index is 2.75. The number of fused-ring (bicyclic) bond motifs is 2.